The predicted molar refractivity (Wildman–Crippen MR) is 148 cm³/mol. The number of sulfonamides is 1. The van der Waals surface area contributed by atoms with Gasteiger partial charge in [0.2, 0.25) is 16.0 Å². The number of hydrogen-bond acceptors (Lipinski definition) is 10. The molecule has 0 radical (unpaired) electrons. The van der Waals surface area contributed by atoms with Crippen LogP contribution in [0.5, 0.6) is 0 Å². The van der Waals surface area contributed by atoms with E-state index in [0.717, 1.165) is 0 Å². The highest BCUT2D eigenvalue weighted by molar-refractivity contribution is 7.89. The van der Waals surface area contributed by atoms with Crippen LogP contribution in [0, 0.1) is 5.82 Å². The highest BCUT2D eigenvalue weighted by Gasteiger charge is 2.55. The van der Waals surface area contributed by atoms with Crippen molar-refractivity contribution in [2.45, 2.75) is 75.4 Å². The molecular formula is C26H32ClFN6O6S. The van der Waals surface area contributed by atoms with Crippen molar-refractivity contribution in [2.75, 3.05) is 25.1 Å². The van der Waals surface area contributed by atoms with Crippen molar-refractivity contribution in [3.8, 4) is 11.3 Å². The quantitative estimate of drug-likeness (QED) is 0.364. The van der Waals surface area contributed by atoms with Gasteiger partial charge in [-0.25, -0.2) is 27.8 Å². The minimum Gasteiger partial charge on any atom is -0.387 e. The van der Waals surface area contributed by atoms with Crippen molar-refractivity contribution in [1.29, 1.82) is 0 Å². The minimum atomic E-state index is -3.69. The molecule has 15 heteroatoms. The van der Waals surface area contributed by atoms with E-state index in [1.807, 2.05) is 13.8 Å². The van der Waals surface area contributed by atoms with Crippen molar-refractivity contribution in [3.05, 3.63) is 35.0 Å². The molecule has 41 heavy (non-hydrogen) atoms. The lowest BCUT2D eigenvalue weighted by molar-refractivity contribution is -0.0578. The van der Waals surface area contributed by atoms with E-state index in [1.54, 1.807) is 24.5 Å². The normalized spacial score (nSPS) is 25.7. The highest BCUT2D eigenvalue weighted by Crippen LogP contribution is 2.38. The summed E-state index contributed by atoms with van der Waals surface area (Å²) in [6.45, 7) is 7.44. The molecule has 0 aliphatic carbocycles. The number of hydrogen-bond donors (Lipinski definition) is 3. The molecule has 0 unspecified atom stereocenters. The van der Waals surface area contributed by atoms with Gasteiger partial charge in [0, 0.05) is 11.6 Å². The van der Waals surface area contributed by atoms with Gasteiger partial charge < -0.3 is 29.6 Å². The molecule has 2 bridgehead atoms. The number of imidazole rings is 1. The Morgan fingerprint density at radius 1 is 1.22 bits per heavy atom. The van der Waals surface area contributed by atoms with E-state index >= 15 is 4.39 Å². The average molecular weight is 611 g/mol. The largest absolute Gasteiger partial charge is 0.387 e. The van der Waals surface area contributed by atoms with Crippen LogP contribution in [-0.2, 0) is 25.1 Å². The summed E-state index contributed by atoms with van der Waals surface area (Å²) in [6.07, 6.45) is -0.591. The highest BCUT2D eigenvalue weighted by atomic mass is 35.5. The Balaban J connectivity index is 1.31. The monoisotopic (exact) mass is 610 g/mol. The average Bonchev–Trinajstić information content (AvgIpc) is 3.42. The van der Waals surface area contributed by atoms with Gasteiger partial charge in [0.05, 0.1) is 54.3 Å². The maximum absolute atomic E-state index is 15.4. The first kappa shape index (κ1) is 28.6. The molecule has 1 aromatic carbocycles. The number of ether oxygens (including phenoxy) is 2. The first-order valence-corrected chi connectivity index (χ1v) is 15.3. The molecule has 0 spiro atoms. The zero-order valence-electron chi connectivity index (χ0n) is 23.0. The third kappa shape index (κ3) is 4.79. The van der Waals surface area contributed by atoms with E-state index in [4.69, 9.17) is 21.1 Å². The number of nitrogens with one attached hydrogen (secondary N) is 1. The van der Waals surface area contributed by atoms with E-state index in [2.05, 4.69) is 20.3 Å². The topological polar surface area (TPSA) is 152 Å². The summed E-state index contributed by atoms with van der Waals surface area (Å²) in [5, 5.41) is 24.4. The summed E-state index contributed by atoms with van der Waals surface area (Å²) in [5.74, 6) is -0.133. The predicted octanol–water partition coefficient (Wildman–Crippen LogP) is 2.39. The molecule has 3 fully saturated rings. The van der Waals surface area contributed by atoms with Gasteiger partial charge in [-0.1, -0.05) is 11.6 Å². The van der Waals surface area contributed by atoms with Gasteiger partial charge >= 0.3 is 0 Å². The van der Waals surface area contributed by atoms with Crippen LogP contribution in [0.4, 0.5) is 10.3 Å². The Bertz CT molecular complexity index is 1610. The molecule has 222 valence electrons. The van der Waals surface area contributed by atoms with Crippen molar-refractivity contribution < 1.29 is 32.5 Å². The van der Waals surface area contributed by atoms with E-state index < -0.39 is 51.1 Å². The number of halogens is 2. The fourth-order valence-electron chi connectivity index (χ4n) is 5.72. The second-order valence-electron chi connectivity index (χ2n) is 11.6. The van der Waals surface area contributed by atoms with Crippen molar-refractivity contribution in [3.63, 3.8) is 0 Å². The third-order valence-electron chi connectivity index (χ3n) is 7.77. The van der Waals surface area contributed by atoms with Crippen LogP contribution in [0.2, 0.25) is 5.02 Å². The van der Waals surface area contributed by atoms with E-state index in [-0.39, 0.29) is 54.5 Å². The van der Waals surface area contributed by atoms with Gasteiger partial charge in [0.1, 0.15) is 28.3 Å². The summed E-state index contributed by atoms with van der Waals surface area (Å²) in [5.41, 5.74) is -0.0701. The molecule has 3 aliphatic heterocycles. The van der Waals surface area contributed by atoms with Crippen LogP contribution in [-0.4, -0.2) is 91.9 Å². The maximum atomic E-state index is 15.4. The van der Waals surface area contributed by atoms with E-state index in [1.165, 1.54) is 16.6 Å². The number of aliphatic hydroxyl groups excluding tert-OH is 1. The minimum absolute atomic E-state index is 0.122. The summed E-state index contributed by atoms with van der Waals surface area (Å²) in [4.78, 5) is 13.2. The van der Waals surface area contributed by atoms with Crippen LogP contribution in [0.15, 0.2) is 18.3 Å². The Hall–Kier alpha value is -2.46. The number of anilines is 1. The zero-order valence-corrected chi connectivity index (χ0v) is 24.5. The van der Waals surface area contributed by atoms with Gasteiger partial charge in [-0.3, -0.25) is 0 Å². The van der Waals surface area contributed by atoms with Gasteiger partial charge in [0.25, 0.3) is 0 Å². The molecule has 2 aromatic heterocycles. The SMILES string of the molecule is CC(C)n1c(C(C)(C)O)nc2c(F)cc(-c3nc(N[C@@H]4C[C@H]5CO[C@@H]([C@H]4O)N5S(=O)(=O)C4COC4)ncc3Cl)cc21. The number of piperidine rings is 1. The molecule has 5 heterocycles. The smallest absolute Gasteiger partial charge is 0.224 e. The second kappa shape index (κ2) is 10.1. The molecule has 6 rings (SSSR count). The molecule has 3 aliphatic rings. The van der Waals surface area contributed by atoms with Gasteiger partial charge in [-0.15, -0.1) is 0 Å². The fourth-order valence-corrected chi connectivity index (χ4v) is 7.84. The Kier molecular flexibility index (Phi) is 7.04. The first-order valence-electron chi connectivity index (χ1n) is 13.4. The second-order valence-corrected chi connectivity index (χ2v) is 14.1. The first-order chi connectivity index (χ1) is 19.3. The molecular weight excluding hydrogens is 579 g/mol. The van der Waals surface area contributed by atoms with Crippen molar-refractivity contribution >= 4 is 38.6 Å². The van der Waals surface area contributed by atoms with Crippen LogP contribution >= 0.6 is 11.6 Å². The van der Waals surface area contributed by atoms with E-state index in [9.17, 15) is 18.6 Å². The van der Waals surface area contributed by atoms with Crippen LogP contribution in [0.1, 0.15) is 46.0 Å². The van der Waals surface area contributed by atoms with Gasteiger partial charge in [0.15, 0.2) is 12.0 Å². The van der Waals surface area contributed by atoms with E-state index in [0.29, 0.717) is 16.9 Å². The molecule has 4 atom stereocenters. The lowest BCUT2D eigenvalue weighted by Crippen LogP contribution is -2.62. The maximum Gasteiger partial charge on any atom is 0.224 e. The molecule has 0 saturated carbocycles. The summed E-state index contributed by atoms with van der Waals surface area (Å²) < 4.78 is 55.3. The lowest BCUT2D eigenvalue weighted by atomic mass is 9.98. The van der Waals surface area contributed by atoms with Gasteiger partial charge in [-0.2, -0.15) is 4.31 Å². The number of nitrogens with zero attached hydrogens (tertiary/aromatic N) is 5. The van der Waals surface area contributed by atoms with Crippen LogP contribution < -0.4 is 5.32 Å². The summed E-state index contributed by atoms with van der Waals surface area (Å²) in [6, 6.07) is 1.80. The van der Waals surface area contributed by atoms with Crippen LogP contribution in [0.3, 0.4) is 0 Å². The Labute approximate surface area is 241 Å². The molecule has 3 N–H and O–H groups in total. The standard InChI is InChI=1S/C26H32ClFN6O6S/c1-12(2)33-19-6-13(5-17(28)21(19)31-24(33)26(3,4)36)20-16(27)8-29-25(32-20)30-18-7-14-9-40-23(22(18)35)34(14)41(37,38)15-10-39-11-15/h5-6,8,12,14-15,18,22-23,35-36H,7,9-11H2,1-4H3,(H,29,30,32)/t14-,18+,22-,23-/m0/s1. The van der Waals surface area contributed by atoms with Crippen molar-refractivity contribution in [2.24, 2.45) is 0 Å². The summed E-state index contributed by atoms with van der Waals surface area (Å²) in [7, 11) is -3.69. The lowest BCUT2D eigenvalue weighted by Gasteiger charge is -2.42. The molecule has 0 amide bonds. The summed E-state index contributed by atoms with van der Waals surface area (Å²) >= 11 is 6.47. The number of rotatable bonds is 7. The Morgan fingerprint density at radius 3 is 2.59 bits per heavy atom. The third-order valence-corrected chi connectivity index (χ3v) is 10.3. The molecule has 3 aromatic rings. The molecule has 3 saturated heterocycles. The number of benzene rings is 1. The number of aliphatic hydroxyl groups is 2. The molecule has 12 nitrogen and oxygen atoms in total. The number of aromatic nitrogens is 4. The fraction of sp³-hybridized carbons (Fsp3) is 0.577. The zero-order chi connectivity index (χ0) is 29.4. The van der Waals surface area contributed by atoms with Gasteiger partial charge in [-0.05, 0) is 46.2 Å². The number of fused-ring (bicyclic) bond motifs is 3. The Morgan fingerprint density at radius 2 is 1.95 bits per heavy atom. The van der Waals surface area contributed by atoms with Crippen LogP contribution in [0.25, 0.3) is 22.3 Å². The van der Waals surface area contributed by atoms with Crippen molar-refractivity contribution in [1.82, 2.24) is 23.8 Å².